The van der Waals surface area contributed by atoms with Crippen LogP contribution in [0.3, 0.4) is 0 Å². The summed E-state index contributed by atoms with van der Waals surface area (Å²) < 4.78 is 27.5. The van der Waals surface area contributed by atoms with E-state index in [0.717, 1.165) is 30.6 Å². The lowest BCUT2D eigenvalue weighted by Gasteiger charge is -2.26. The third kappa shape index (κ3) is 3.80. The molecule has 1 aromatic carbocycles. The fraction of sp³-hybridized carbons (Fsp3) is 0.333. The second kappa shape index (κ2) is 7.85. The van der Waals surface area contributed by atoms with Crippen molar-refractivity contribution in [3.8, 4) is 10.6 Å². The molecule has 0 atom stereocenters. The minimum atomic E-state index is -3.64. The van der Waals surface area contributed by atoms with Gasteiger partial charge in [0, 0.05) is 23.4 Å². The minimum Gasteiger partial charge on any atom is -0.478 e. The molecule has 0 radical (unpaired) electrons. The van der Waals surface area contributed by atoms with Crippen molar-refractivity contribution in [3.05, 3.63) is 46.8 Å². The van der Waals surface area contributed by atoms with E-state index in [1.165, 1.54) is 27.4 Å². The minimum absolute atomic E-state index is 0.0622. The van der Waals surface area contributed by atoms with Crippen molar-refractivity contribution >= 4 is 38.2 Å². The first-order valence-corrected chi connectivity index (χ1v) is 11.9. The molecule has 4 rings (SSSR count). The van der Waals surface area contributed by atoms with E-state index in [1.54, 1.807) is 17.4 Å². The summed E-state index contributed by atoms with van der Waals surface area (Å²) in [6.45, 7) is 3.07. The maximum Gasteiger partial charge on any atom is 0.336 e. The number of thiophene rings is 1. The van der Waals surface area contributed by atoms with E-state index in [-0.39, 0.29) is 10.5 Å². The number of benzene rings is 1. The van der Waals surface area contributed by atoms with E-state index >= 15 is 0 Å². The van der Waals surface area contributed by atoms with Gasteiger partial charge in [0.1, 0.15) is 0 Å². The predicted molar refractivity (Wildman–Crippen MR) is 114 cm³/mol. The van der Waals surface area contributed by atoms with Gasteiger partial charge in [-0.15, -0.1) is 11.3 Å². The van der Waals surface area contributed by atoms with Crippen LogP contribution < -0.4 is 0 Å². The van der Waals surface area contributed by atoms with Crippen LogP contribution in [0.25, 0.3) is 21.5 Å². The van der Waals surface area contributed by atoms with Crippen LogP contribution >= 0.6 is 11.3 Å². The van der Waals surface area contributed by atoms with Crippen molar-refractivity contribution in [1.82, 2.24) is 9.29 Å². The molecular formula is C21H22N2O4S2. The average molecular weight is 431 g/mol. The van der Waals surface area contributed by atoms with Crippen molar-refractivity contribution < 1.29 is 18.3 Å². The monoisotopic (exact) mass is 430 g/mol. The Balaban J connectivity index is 1.83. The first-order chi connectivity index (χ1) is 13.9. The molecule has 152 valence electrons. The lowest BCUT2D eigenvalue weighted by atomic mass is 10.1. The average Bonchev–Trinajstić information content (AvgIpc) is 3.22. The number of piperidine rings is 1. The Morgan fingerprint density at radius 3 is 2.55 bits per heavy atom. The molecule has 1 aliphatic heterocycles. The fourth-order valence-corrected chi connectivity index (χ4v) is 6.08. The molecule has 1 fully saturated rings. The number of rotatable bonds is 5. The molecule has 0 spiro atoms. The van der Waals surface area contributed by atoms with Gasteiger partial charge in [-0.3, -0.25) is 0 Å². The largest absolute Gasteiger partial charge is 0.478 e. The summed E-state index contributed by atoms with van der Waals surface area (Å²) in [5, 5.41) is 10.1. The number of aromatic carboxylic acids is 1. The van der Waals surface area contributed by atoms with Crippen molar-refractivity contribution in [1.29, 1.82) is 0 Å². The van der Waals surface area contributed by atoms with Gasteiger partial charge in [0.05, 0.1) is 26.5 Å². The van der Waals surface area contributed by atoms with E-state index < -0.39 is 16.0 Å². The number of fused-ring (bicyclic) bond motifs is 1. The molecule has 8 heteroatoms. The van der Waals surface area contributed by atoms with E-state index in [4.69, 9.17) is 0 Å². The number of pyridine rings is 1. The molecule has 2 aromatic heterocycles. The second-order valence-electron chi connectivity index (χ2n) is 7.12. The van der Waals surface area contributed by atoms with Gasteiger partial charge in [-0.1, -0.05) is 13.3 Å². The Bertz CT molecular complexity index is 1180. The van der Waals surface area contributed by atoms with Crippen LogP contribution in [-0.2, 0) is 16.4 Å². The molecule has 1 saturated heterocycles. The van der Waals surface area contributed by atoms with Gasteiger partial charge in [0.2, 0.25) is 10.0 Å². The van der Waals surface area contributed by atoms with Crippen molar-refractivity contribution in [2.75, 3.05) is 13.1 Å². The number of carboxylic acids is 1. The van der Waals surface area contributed by atoms with E-state index in [2.05, 4.69) is 11.9 Å². The summed E-state index contributed by atoms with van der Waals surface area (Å²) in [5.74, 6) is -1.10. The molecule has 0 saturated carbocycles. The predicted octanol–water partition coefficient (Wildman–Crippen LogP) is 4.40. The Kier molecular flexibility index (Phi) is 5.42. The van der Waals surface area contributed by atoms with E-state index in [0.29, 0.717) is 29.7 Å². The molecule has 29 heavy (non-hydrogen) atoms. The number of aromatic nitrogens is 1. The second-order valence-corrected chi connectivity index (χ2v) is 10.2. The molecule has 0 aliphatic carbocycles. The number of aryl methyl sites for hydroxylation is 1. The Hall–Kier alpha value is -2.29. The number of hydrogen-bond acceptors (Lipinski definition) is 5. The summed E-state index contributed by atoms with van der Waals surface area (Å²) in [5.41, 5.74) is 1.13. The number of hydrogen-bond donors (Lipinski definition) is 1. The number of carboxylic acid groups (broad SMARTS) is 1. The number of sulfonamides is 1. The maximum atomic E-state index is 13.0. The lowest BCUT2D eigenvalue weighted by molar-refractivity contribution is 0.0699. The van der Waals surface area contributed by atoms with Gasteiger partial charge in [0.15, 0.2) is 0 Å². The number of carbonyl (C=O) groups is 1. The highest BCUT2D eigenvalue weighted by atomic mass is 32.2. The van der Waals surface area contributed by atoms with Crippen LogP contribution in [0.5, 0.6) is 0 Å². The Morgan fingerprint density at radius 2 is 1.90 bits per heavy atom. The molecule has 0 amide bonds. The van der Waals surface area contributed by atoms with Crippen LogP contribution in [0.2, 0.25) is 0 Å². The zero-order chi connectivity index (χ0) is 20.6. The van der Waals surface area contributed by atoms with Crippen LogP contribution in [0, 0.1) is 0 Å². The van der Waals surface area contributed by atoms with E-state index in [1.807, 2.05) is 12.1 Å². The third-order valence-electron chi connectivity index (χ3n) is 5.23. The van der Waals surface area contributed by atoms with Gasteiger partial charge in [0.25, 0.3) is 0 Å². The van der Waals surface area contributed by atoms with Gasteiger partial charge in [-0.05, 0) is 55.7 Å². The maximum absolute atomic E-state index is 13.0. The standard InChI is InChI=1S/C21H22N2O4S2/c1-2-14-6-9-20(28-14)19-13-17(21(24)25)16-12-15(7-8-18(16)22-19)29(26,27)23-10-4-3-5-11-23/h6-9,12-13H,2-5,10-11H2,1H3,(H,24,25). The van der Waals surface area contributed by atoms with Crippen molar-refractivity contribution in [3.63, 3.8) is 0 Å². The zero-order valence-corrected chi connectivity index (χ0v) is 17.7. The summed E-state index contributed by atoms with van der Waals surface area (Å²) in [4.78, 5) is 18.8. The topological polar surface area (TPSA) is 87.6 Å². The normalized spacial score (nSPS) is 15.6. The zero-order valence-electron chi connectivity index (χ0n) is 16.1. The first kappa shape index (κ1) is 20.0. The first-order valence-electron chi connectivity index (χ1n) is 9.67. The highest BCUT2D eigenvalue weighted by molar-refractivity contribution is 7.89. The van der Waals surface area contributed by atoms with Gasteiger partial charge < -0.3 is 5.11 Å². The molecule has 3 aromatic rings. The summed E-state index contributed by atoms with van der Waals surface area (Å²) in [7, 11) is -3.64. The highest BCUT2D eigenvalue weighted by Gasteiger charge is 2.27. The SMILES string of the molecule is CCc1ccc(-c2cc(C(=O)O)c3cc(S(=O)(=O)N4CCCCC4)ccc3n2)s1. The van der Waals surface area contributed by atoms with Gasteiger partial charge >= 0.3 is 5.97 Å². The van der Waals surface area contributed by atoms with Gasteiger partial charge in [-0.2, -0.15) is 4.31 Å². The van der Waals surface area contributed by atoms with Crippen LogP contribution in [-0.4, -0.2) is 41.9 Å². The summed E-state index contributed by atoms with van der Waals surface area (Å²) in [6.07, 6.45) is 3.63. The Morgan fingerprint density at radius 1 is 1.14 bits per heavy atom. The Labute approximate surface area is 173 Å². The molecule has 1 aliphatic rings. The molecule has 1 N–H and O–H groups in total. The van der Waals surface area contributed by atoms with Crippen LogP contribution in [0.1, 0.15) is 41.4 Å². The molecule has 6 nitrogen and oxygen atoms in total. The lowest BCUT2D eigenvalue weighted by Crippen LogP contribution is -2.35. The molecule has 3 heterocycles. The summed E-state index contributed by atoms with van der Waals surface area (Å²) in [6, 6.07) is 10.1. The number of nitrogens with zero attached hydrogens (tertiary/aromatic N) is 2. The third-order valence-corrected chi connectivity index (χ3v) is 8.37. The molecule has 0 bridgehead atoms. The fourth-order valence-electron chi connectivity index (χ4n) is 3.63. The van der Waals surface area contributed by atoms with Crippen molar-refractivity contribution in [2.24, 2.45) is 0 Å². The molecular weight excluding hydrogens is 408 g/mol. The van der Waals surface area contributed by atoms with Crippen molar-refractivity contribution in [2.45, 2.75) is 37.5 Å². The van der Waals surface area contributed by atoms with Gasteiger partial charge in [-0.25, -0.2) is 18.2 Å². The smallest absolute Gasteiger partial charge is 0.336 e. The van der Waals surface area contributed by atoms with E-state index in [9.17, 15) is 18.3 Å². The summed E-state index contributed by atoms with van der Waals surface area (Å²) >= 11 is 1.58. The van der Waals surface area contributed by atoms with Crippen LogP contribution in [0.4, 0.5) is 0 Å². The molecule has 0 unspecified atom stereocenters. The van der Waals surface area contributed by atoms with Crippen LogP contribution in [0.15, 0.2) is 41.3 Å². The highest BCUT2D eigenvalue weighted by Crippen LogP contribution is 2.32. The quantitative estimate of drug-likeness (QED) is 0.648.